The molecule has 1 nitrogen and oxygen atoms in total. The maximum atomic E-state index is 15.2. The SMILES string of the molecule is CCCCCc1ccc(-c2ccc(OC(F)(F)c3ccc4cc(C#Cc5c(C)cc(C)cc5F)ccc4c3)c(F)c2)cc1. The van der Waals surface area contributed by atoms with Crippen LogP contribution >= 0.6 is 0 Å². The molecule has 0 atom stereocenters. The van der Waals surface area contributed by atoms with E-state index in [4.69, 9.17) is 4.74 Å². The normalized spacial score (nSPS) is 11.3. The molecule has 0 saturated carbocycles. The second-order valence-corrected chi connectivity index (χ2v) is 10.9. The van der Waals surface area contributed by atoms with Gasteiger partial charge in [0.2, 0.25) is 0 Å². The molecule has 0 aliphatic carbocycles. The van der Waals surface area contributed by atoms with Gasteiger partial charge in [-0.1, -0.05) is 80.1 Å². The van der Waals surface area contributed by atoms with E-state index in [-0.39, 0.29) is 5.82 Å². The monoisotopic (exact) mass is 580 g/mol. The fraction of sp³-hybridized carbons (Fsp3) is 0.211. The van der Waals surface area contributed by atoms with Gasteiger partial charge in [0.25, 0.3) is 0 Å². The van der Waals surface area contributed by atoms with E-state index >= 15 is 8.78 Å². The van der Waals surface area contributed by atoms with E-state index in [2.05, 4.69) is 18.8 Å². The highest BCUT2D eigenvalue weighted by atomic mass is 19.3. The lowest BCUT2D eigenvalue weighted by molar-refractivity contribution is -0.186. The smallest absolute Gasteiger partial charge is 0.426 e. The van der Waals surface area contributed by atoms with Crippen LogP contribution in [-0.4, -0.2) is 0 Å². The molecule has 0 fully saturated rings. The number of hydrogen-bond acceptors (Lipinski definition) is 1. The highest BCUT2D eigenvalue weighted by molar-refractivity contribution is 5.84. The topological polar surface area (TPSA) is 9.23 Å². The predicted molar refractivity (Wildman–Crippen MR) is 165 cm³/mol. The summed E-state index contributed by atoms with van der Waals surface area (Å²) in [5.41, 5.74) is 4.71. The van der Waals surface area contributed by atoms with E-state index in [1.807, 2.05) is 37.3 Å². The van der Waals surface area contributed by atoms with Gasteiger partial charge in [0, 0.05) is 5.56 Å². The number of halogens is 4. The first-order valence-electron chi connectivity index (χ1n) is 14.4. The number of hydrogen-bond donors (Lipinski definition) is 0. The average molecular weight is 581 g/mol. The highest BCUT2D eigenvalue weighted by Crippen LogP contribution is 2.36. The van der Waals surface area contributed by atoms with Gasteiger partial charge in [-0.25, -0.2) is 8.78 Å². The van der Waals surface area contributed by atoms with Crippen molar-refractivity contribution in [1.82, 2.24) is 0 Å². The number of ether oxygens (including phenoxy) is 1. The molecule has 0 bridgehead atoms. The number of benzene rings is 5. The van der Waals surface area contributed by atoms with Crippen LogP contribution in [-0.2, 0) is 12.5 Å². The summed E-state index contributed by atoms with van der Waals surface area (Å²) < 4.78 is 64.6. The second kappa shape index (κ2) is 12.8. The van der Waals surface area contributed by atoms with Crippen molar-refractivity contribution in [2.24, 2.45) is 0 Å². The predicted octanol–water partition coefficient (Wildman–Crippen LogP) is 10.7. The summed E-state index contributed by atoms with van der Waals surface area (Å²) >= 11 is 0. The Hall–Kier alpha value is -4.56. The van der Waals surface area contributed by atoms with Crippen LogP contribution in [0, 0.1) is 37.3 Å². The van der Waals surface area contributed by atoms with E-state index in [1.54, 1.807) is 31.2 Å². The van der Waals surface area contributed by atoms with Crippen molar-refractivity contribution in [3.8, 4) is 28.7 Å². The van der Waals surface area contributed by atoms with Gasteiger partial charge >= 0.3 is 6.11 Å². The maximum absolute atomic E-state index is 15.2. The largest absolute Gasteiger partial charge is 0.426 e. The summed E-state index contributed by atoms with van der Waals surface area (Å²) in [6.07, 6.45) is 0.668. The molecule has 218 valence electrons. The van der Waals surface area contributed by atoms with E-state index in [1.165, 1.54) is 48.4 Å². The summed E-state index contributed by atoms with van der Waals surface area (Å²) in [5.74, 6) is 4.07. The number of unbranched alkanes of at least 4 members (excludes halogenated alkanes) is 2. The van der Waals surface area contributed by atoms with Crippen LogP contribution in [0.4, 0.5) is 17.6 Å². The molecular formula is C38H32F4O. The van der Waals surface area contributed by atoms with Crippen molar-refractivity contribution < 1.29 is 22.3 Å². The van der Waals surface area contributed by atoms with Crippen molar-refractivity contribution in [1.29, 1.82) is 0 Å². The summed E-state index contributed by atoms with van der Waals surface area (Å²) in [6.45, 7) is 5.79. The molecule has 5 heteroatoms. The second-order valence-electron chi connectivity index (χ2n) is 10.9. The van der Waals surface area contributed by atoms with Crippen LogP contribution < -0.4 is 4.74 Å². The quantitative estimate of drug-likeness (QED) is 0.101. The number of rotatable bonds is 8. The summed E-state index contributed by atoms with van der Waals surface area (Å²) in [4.78, 5) is 0. The Kier molecular flexibility index (Phi) is 8.87. The molecule has 0 amide bonds. The third kappa shape index (κ3) is 7.09. The van der Waals surface area contributed by atoms with Crippen LogP contribution in [0.5, 0.6) is 5.75 Å². The van der Waals surface area contributed by atoms with Gasteiger partial charge in [-0.2, -0.15) is 8.78 Å². The van der Waals surface area contributed by atoms with Gasteiger partial charge in [0.15, 0.2) is 11.6 Å². The van der Waals surface area contributed by atoms with E-state index in [0.717, 1.165) is 36.0 Å². The molecule has 0 radical (unpaired) electrons. The van der Waals surface area contributed by atoms with Crippen LogP contribution in [0.25, 0.3) is 21.9 Å². The highest BCUT2D eigenvalue weighted by Gasteiger charge is 2.35. The summed E-state index contributed by atoms with van der Waals surface area (Å²) in [5, 5.41) is 1.22. The molecule has 0 aliphatic heterocycles. The molecule has 0 spiro atoms. The minimum absolute atomic E-state index is 0.328. The molecule has 0 saturated heterocycles. The van der Waals surface area contributed by atoms with Crippen molar-refractivity contribution in [3.05, 3.63) is 136 Å². The molecule has 5 rings (SSSR count). The zero-order valence-corrected chi connectivity index (χ0v) is 24.4. The lowest BCUT2D eigenvalue weighted by Gasteiger charge is -2.19. The van der Waals surface area contributed by atoms with Crippen molar-refractivity contribution in [2.75, 3.05) is 0 Å². The molecule has 0 N–H and O–H groups in total. The maximum Gasteiger partial charge on any atom is 0.426 e. The zero-order chi connectivity index (χ0) is 30.6. The van der Waals surface area contributed by atoms with Crippen molar-refractivity contribution in [2.45, 2.75) is 52.6 Å². The van der Waals surface area contributed by atoms with Crippen LogP contribution in [0.2, 0.25) is 0 Å². The molecule has 5 aromatic rings. The minimum atomic E-state index is -3.77. The lowest BCUT2D eigenvalue weighted by Crippen LogP contribution is -2.22. The molecule has 0 heterocycles. The Labute approximate surface area is 250 Å². The fourth-order valence-electron chi connectivity index (χ4n) is 5.12. The minimum Gasteiger partial charge on any atom is -0.426 e. The molecule has 0 unspecified atom stereocenters. The van der Waals surface area contributed by atoms with Gasteiger partial charge in [-0.15, -0.1) is 0 Å². The summed E-state index contributed by atoms with van der Waals surface area (Å²) in [6, 6.07) is 24.4. The first kappa shape index (κ1) is 29.9. The molecule has 0 aliphatic rings. The fourth-order valence-corrected chi connectivity index (χ4v) is 5.12. The Balaban J connectivity index is 1.31. The number of fused-ring (bicyclic) bond motifs is 1. The van der Waals surface area contributed by atoms with E-state index < -0.39 is 23.2 Å². The summed E-state index contributed by atoms with van der Waals surface area (Å²) in [7, 11) is 0. The van der Waals surface area contributed by atoms with Gasteiger partial charge in [0.1, 0.15) is 5.82 Å². The first-order chi connectivity index (χ1) is 20.6. The molecule has 5 aromatic carbocycles. The Bertz CT molecular complexity index is 1800. The van der Waals surface area contributed by atoms with Crippen LogP contribution in [0.1, 0.15) is 59.6 Å². The Morgan fingerprint density at radius 1 is 0.698 bits per heavy atom. The van der Waals surface area contributed by atoms with E-state index in [9.17, 15) is 8.78 Å². The van der Waals surface area contributed by atoms with Crippen molar-refractivity contribution in [3.63, 3.8) is 0 Å². The lowest BCUT2D eigenvalue weighted by atomic mass is 10.0. The van der Waals surface area contributed by atoms with Crippen LogP contribution in [0.3, 0.4) is 0 Å². The van der Waals surface area contributed by atoms with E-state index in [0.29, 0.717) is 27.5 Å². The van der Waals surface area contributed by atoms with Crippen molar-refractivity contribution >= 4 is 10.8 Å². The van der Waals surface area contributed by atoms with Gasteiger partial charge in [0.05, 0.1) is 11.1 Å². The van der Waals surface area contributed by atoms with Crippen LogP contribution in [0.15, 0.2) is 91.0 Å². The molecule has 43 heavy (non-hydrogen) atoms. The molecular weight excluding hydrogens is 548 g/mol. The average Bonchev–Trinajstić information content (AvgIpc) is 2.98. The Morgan fingerprint density at radius 3 is 2.14 bits per heavy atom. The third-order valence-corrected chi connectivity index (χ3v) is 7.47. The molecule has 0 aromatic heterocycles. The first-order valence-corrected chi connectivity index (χ1v) is 14.4. The zero-order valence-electron chi connectivity index (χ0n) is 24.4. The standard InChI is InChI=1S/C38H32F4O/c1-4-5-6-7-27-8-12-29(13-9-27)32-16-19-37(36(40)24-32)43-38(41,42)33-17-15-30-22-28(10-14-31(30)23-33)11-18-34-26(3)20-25(2)21-35(34)39/h8-10,12-17,19-24H,4-7H2,1-3H3. The van der Waals surface area contributed by atoms with Gasteiger partial charge in [-0.3, -0.25) is 0 Å². The third-order valence-electron chi connectivity index (χ3n) is 7.47. The van der Waals surface area contributed by atoms with Gasteiger partial charge in [-0.05, 0) is 108 Å². The number of alkyl halides is 2. The number of aryl methyl sites for hydroxylation is 3. The van der Waals surface area contributed by atoms with Gasteiger partial charge < -0.3 is 4.74 Å². The Morgan fingerprint density at radius 2 is 1.42 bits per heavy atom.